The monoisotopic (exact) mass is 476 g/mol. The number of methoxy groups -OCH3 is 1. The highest BCUT2D eigenvalue weighted by Gasteiger charge is 2.35. The zero-order valence-electron chi connectivity index (χ0n) is 18.7. The van der Waals surface area contributed by atoms with Crippen molar-refractivity contribution in [2.45, 2.75) is 46.4 Å². The smallest absolute Gasteiger partial charge is 0.266 e. The molecular weight excluding hydrogens is 451 g/mol. The van der Waals surface area contributed by atoms with Crippen molar-refractivity contribution in [3.8, 4) is 11.5 Å². The Bertz CT molecular complexity index is 1070. The number of aliphatic imine (C=N–C) groups is 1. The van der Waals surface area contributed by atoms with Crippen LogP contribution in [-0.4, -0.2) is 35.2 Å². The maximum Gasteiger partial charge on any atom is 0.266 e. The second-order valence-corrected chi connectivity index (χ2v) is 9.22. The van der Waals surface area contributed by atoms with Gasteiger partial charge in [-0.15, -0.1) is 0 Å². The molecule has 0 bridgehead atoms. The van der Waals surface area contributed by atoms with Gasteiger partial charge in [0.2, 0.25) is 0 Å². The van der Waals surface area contributed by atoms with Crippen molar-refractivity contribution >= 4 is 40.5 Å². The predicted molar refractivity (Wildman–Crippen MR) is 129 cm³/mol. The van der Waals surface area contributed by atoms with E-state index in [0.717, 1.165) is 0 Å². The van der Waals surface area contributed by atoms with Gasteiger partial charge in [0.05, 0.1) is 17.0 Å². The fourth-order valence-corrected chi connectivity index (χ4v) is 4.64. The highest BCUT2D eigenvalue weighted by Crippen LogP contribution is 2.40. The van der Waals surface area contributed by atoms with E-state index < -0.39 is 0 Å². The van der Waals surface area contributed by atoms with E-state index in [1.54, 1.807) is 41.3 Å². The van der Waals surface area contributed by atoms with Gasteiger partial charge in [0, 0.05) is 17.6 Å². The van der Waals surface area contributed by atoms with E-state index in [4.69, 9.17) is 21.1 Å². The minimum Gasteiger partial charge on any atom is -0.493 e. The van der Waals surface area contributed by atoms with Crippen LogP contribution in [-0.2, 0) is 11.4 Å². The molecule has 3 rings (SSSR count). The number of hydrogen-bond donors (Lipinski definition) is 0. The van der Waals surface area contributed by atoms with Crippen LogP contribution in [0.2, 0.25) is 5.02 Å². The van der Waals surface area contributed by atoms with E-state index in [0.29, 0.717) is 37.7 Å². The number of carbonyl (C=O) groups is 1. The van der Waals surface area contributed by atoms with Crippen molar-refractivity contribution in [3.05, 3.63) is 63.3 Å². The van der Waals surface area contributed by atoms with Crippen LogP contribution in [0, 0.1) is 5.82 Å². The number of amidine groups is 1. The standard InChI is InChI=1S/C24H26ClFN2O3S/c1-14(2)27-24-28(15(3)4)23(29)21(32-24)12-16-10-18(25)22(20(11-16)30-5)31-13-17-8-6-7-9-19(17)26/h6-12,14-15H,13H2,1-5H3/b21-12+,27-24?. The average Bonchev–Trinajstić information content (AvgIpc) is 3.02. The summed E-state index contributed by atoms with van der Waals surface area (Å²) in [6.07, 6.45) is 1.76. The Kier molecular flexibility index (Phi) is 7.85. The van der Waals surface area contributed by atoms with Crippen LogP contribution in [0.4, 0.5) is 4.39 Å². The molecule has 0 N–H and O–H groups in total. The second kappa shape index (κ2) is 10.4. The molecule has 2 aromatic rings. The summed E-state index contributed by atoms with van der Waals surface area (Å²) >= 11 is 7.81. The van der Waals surface area contributed by atoms with E-state index in [9.17, 15) is 9.18 Å². The molecular formula is C24H26ClFN2O3S. The number of nitrogens with zero attached hydrogens (tertiary/aromatic N) is 2. The summed E-state index contributed by atoms with van der Waals surface area (Å²) < 4.78 is 25.1. The average molecular weight is 477 g/mol. The first kappa shape index (κ1) is 24.1. The minimum atomic E-state index is -0.353. The molecule has 0 atom stereocenters. The number of hydrogen-bond acceptors (Lipinski definition) is 5. The fourth-order valence-electron chi connectivity index (χ4n) is 3.13. The first-order valence-corrected chi connectivity index (χ1v) is 11.4. The van der Waals surface area contributed by atoms with Gasteiger partial charge in [-0.25, -0.2) is 4.39 Å². The van der Waals surface area contributed by atoms with Gasteiger partial charge in [0.25, 0.3) is 5.91 Å². The SMILES string of the molecule is COc1cc(/C=C2/SC(=NC(C)C)N(C(C)C)C2=O)cc(Cl)c1OCc1ccccc1F. The molecule has 0 saturated carbocycles. The molecule has 0 unspecified atom stereocenters. The summed E-state index contributed by atoms with van der Waals surface area (Å²) in [5, 5.41) is 0.994. The van der Waals surface area contributed by atoms with E-state index in [1.807, 2.05) is 27.7 Å². The Balaban J connectivity index is 1.89. The van der Waals surface area contributed by atoms with Gasteiger partial charge < -0.3 is 9.47 Å². The summed E-state index contributed by atoms with van der Waals surface area (Å²) in [7, 11) is 1.50. The Labute approximate surface area is 197 Å². The third-order valence-corrected chi connectivity index (χ3v) is 5.88. The van der Waals surface area contributed by atoms with Gasteiger partial charge in [-0.05, 0) is 69.3 Å². The zero-order chi connectivity index (χ0) is 23.4. The fraction of sp³-hybridized carbons (Fsp3) is 0.333. The topological polar surface area (TPSA) is 51.1 Å². The van der Waals surface area contributed by atoms with Crippen molar-refractivity contribution in [1.29, 1.82) is 0 Å². The van der Waals surface area contributed by atoms with E-state index >= 15 is 0 Å². The van der Waals surface area contributed by atoms with Crippen molar-refractivity contribution in [2.75, 3.05) is 7.11 Å². The van der Waals surface area contributed by atoms with E-state index in [1.165, 1.54) is 24.9 Å². The van der Waals surface area contributed by atoms with Gasteiger partial charge in [-0.2, -0.15) is 0 Å². The molecule has 2 aromatic carbocycles. The normalized spacial score (nSPS) is 16.7. The number of halogens is 2. The summed E-state index contributed by atoms with van der Waals surface area (Å²) in [6, 6.07) is 9.88. The van der Waals surface area contributed by atoms with Crippen molar-refractivity contribution < 1.29 is 18.7 Å². The first-order chi connectivity index (χ1) is 15.2. The Morgan fingerprint density at radius 2 is 1.94 bits per heavy atom. The highest BCUT2D eigenvalue weighted by molar-refractivity contribution is 8.18. The van der Waals surface area contributed by atoms with Crippen LogP contribution < -0.4 is 9.47 Å². The zero-order valence-corrected chi connectivity index (χ0v) is 20.3. The molecule has 32 heavy (non-hydrogen) atoms. The van der Waals surface area contributed by atoms with Crippen molar-refractivity contribution in [2.24, 2.45) is 4.99 Å². The molecule has 1 aliphatic rings. The maximum atomic E-state index is 13.9. The lowest BCUT2D eigenvalue weighted by molar-refractivity contribution is -0.123. The van der Waals surface area contributed by atoms with Crippen LogP contribution in [0.5, 0.6) is 11.5 Å². The molecule has 0 aromatic heterocycles. The molecule has 0 spiro atoms. The largest absolute Gasteiger partial charge is 0.493 e. The Morgan fingerprint density at radius 1 is 1.22 bits per heavy atom. The molecule has 0 aliphatic carbocycles. The number of rotatable bonds is 7. The minimum absolute atomic E-state index is 0.00863. The lowest BCUT2D eigenvalue weighted by Gasteiger charge is -2.20. The number of ether oxygens (including phenoxy) is 2. The van der Waals surface area contributed by atoms with Crippen LogP contribution >= 0.6 is 23.4 Å². The molecule has 5 nitrogen and oxygen atoms in total. The maximum absolute atomic E-state index is 13.9. The third kappa shape index (κ3) is 5.45. The quantitative estimate of drug-likeness (QED) is 0.449. The van der Waals surface area contributed by atoms with Crippen LogP contribution in [0.15, 0.2) is 46.3 Å². The number of amides is 1. The molecule has 1 aliphatic heterocycles. The summed E-state index contributed by atoms with van der Waals surface area (Å²) in [5.74, 6) is 0.261. The van der Waals surface area contributed by atoms with Crippen LogP contribution in [0.1, 0.15) is 38.8 Å². The predicted octanol–water partition coefficient (Wildman–Crippen LogP) is 6.16. The van der Waals surface area contributed by atoms with Gasteiger partial charge in [0.1, 0.15) is 12.4 Å². The molecule has 0 radical (unpaired) electrons. The van der Waals surface area contributed by atoms with Crippen molar-refractivity contribution in [3.63, 3.8) is 0 Å². The van der Waals surface area contributed by atoms with Gasteiger partial charge in [-0.1, -0.05) is 29.8 Å². The van der Waals surface area contributed by atoms with Crippen molar-refractivity contribution in [1.82, 2.24) is 4.90 Å². The third-order valence-electron chi connectivity index (χ3n) is 4.60. The van der Waals surface area contributed by atoms with Gasteiger partial charge >= 0.3 is 0 Å². The van der Waals surface area contributed by atoms with Gasteiger partial charge in [0.15, 0.2) is 16.7 Å². The second-order valence-electron chi connectivity index (χ2n) is 7.80. The van der Waals surface area contributed by atoms with Crippen LogP contribution in [0.25, 0.3) is 6.08 Å². The van der Waals surface area contributed by atoms with Crippen LogP contribution in [0.3, 0.4) is 0 Å². The number of benzene rings is 2. The summed E-state index contributed by atoms with van der Waals surface area (Å²) in [5.41, 5.74) is 1.10. The van der Waals surface area contributed by atoms with E-state index in [2.05, 4.69) is 4.99 Å². The van der Waals surface area contributed by atoms with E-state index in [-0.39, 0.29) is 30.4 Å². The summed E-state index contributed by atoms with van der Waals surface area (Å²) in [4.78, 5) is 19.8. The molecule has 1 fully saturated rings. The Morgan fingerprint density at radius 3 is 2.56 bits per heavy atom. The molecule has 8 heteroatoms. The number of thioether (sulfide) groups is 1. The molecule has 1 amide bonds. The molecule has 1 saturated heterocycles. The highest BCUT2D eigenvalue weighted by atomic mass is 35.5. The van der Waals surface area contributed by atoms with Gasteiger partial charge in [-0.3, -0.25) is 14.7 Å². The first-order valence-electron chi connectivity index (χ1n) is 10.3. The molecule has 170 valence electrons. The lowest BCUT2D eigenvalue weighted by atomic mass is 10.1. The Hall–Kier alpha value is -2.51. The number of carbonyl (C=O) groups excluding carboxylic acids is 1. The summed E-state index contributed by atoms with van der Waals surface area (Å²) in [6.45, 7) is 7.87. The lowest BCUT2D eigenvalue weighted by Crippen LogP contribution is -2.35. The molecule has 1 heterocycles.